The first-order chi connectivity index (χ1) is 13.9. The van der Waals surface area contributed by atoms with Crippen LogP contribution in [0.4, 0.5) is 8.78 Å². The van der Waals surface area contributed by atoms with Crippen LogP contribution in [0.3, 0.4) is 0 Å². The first-order valence-corrected chi connectivity index (χ1v) is 10.7. The Hall–Kier alpha value is -2.33. The van der Waals surface area contributed by atoms with Gasteiger partial charge in [0.1, 0.15) is 11.6 Å². The number of allylic oxidation sites excluding steroid dienone is 1. The Balaban J connectivity index is 0.00000256. The molecule has 1 aromatic heterocycles. The van der Waals surface area contributed by atoms with Gasteiger partial charge in [-0.05, 0) is 48.7 Å². The molecule has 1 heterocycles. The second-order valence-electron chi connectivity index (χ2n) is 7.00. The summed E-state index contributed by atoms with van der Waals surface area (Å²) in [6, 6.07) is 8.84. The monoisotopic (exact) mass is 454 g/mol. The molecule has 4 rings (SSSR count). The molecule has 1 aliphatic rings. The summed E-state index contributed by atoms with van der Waals surface area (Å²) in [7, 11) is -3.65. The minimum Gasteiger partial charge on any atom is -0.327 e. The number of nitrogens with one attached hydrogen (secondary N) is 1. The van der Waals surface area contributed by atoms with E-state index >= 15 is 0 Å². The zero-order chi connectivity index (χ0) is 20.6. The van der Waals surface area contributed by atoms with Gasteiger partial charge < -0.3 is 10.3 Å². The highest BCUT2D eigenvalue weighted by molar-refractivity contribution is 7.89. The largest absolute Gasteiger partial charge is 0.327 e. The van der Waals surface area contributed by atoms with Crippen molar-refractivity contribution in [3.63, 3.8) is 0 Å². The lowest BCUT2D eigenvalue weighted by molar-refractivity contribution is 0.557. The van der Waals surface area contributed by atoms with Crippen molar-refractivity contribution in [3.05, 3.63) is 60.4 Å². The van der Waals surface area contributed by atoms with Crippen molar-refractivity contribution in [2.75, 3.05) is 6.54 Å². The molecule has 0 aliphatic heterocycles. The first-order valence-electron chi connectivity index (χ1n) is 9.19. The van der Waals surface area contributed by atoms with E-state index < -0.39 is 21.7 Å². The van der Waals surface area contributed by atoms with Crippen LogP contribution in [0.15, 0.2) is 59.5 Å². The van der Waals surface area contributed by atoms with Gasteiger partial charge in [-0.15, -0.1) is 12.4 Å². The average Bonchev–Trinajstić information content (AvgIpc) is 3.40. The SMILES string of the molecule is Cl.NC/C=C(\F)Cn1cnc2c(-c3cccc(S(=O)(=O)NC4CC4)c3)cc(F)cc21. The summed E-state index contributed by atoms with van der Waals surface area (Å²) in [6.45, 7) is -0.0510. The van der Waals surface area contributed by atoms with E-state index in [4.69, 9.17) is 5.73 Å². The molecular weight excluding hydrogens is 434 g/mol. The normalized spacial score (nSPS) is 14.7. The standard InChI is InChI=1S/C20H20F2N4O2S.ClH/c21-14(6-7-23)11-26-12-24-20-18(9-15(22)10-19(20)26)13-2-1-3-17(8-13)29(27,28)25-16-4-5-16;/h1-3,6,8-10,12,16,25H,4-5,7,11,23H2;1H/b14-6-;. The Kier molecular flexibility index (Phi) is 6.56. The van der Waals surface area contributed by atoms with E-state index in [0.29, 0.717) is 22.2 Å². The maximum absolute atomic E-state index is 14.3. The van der Waals surface area contributed by atoms with Crippen LogP contribution in [0.5, 0.6) is 0 Å². The highest BCUT2D eigenvalue weighted by Crippen LogP contribution is 2.31. The summed E-state index contributed by atoms with van der Waals surface area (Å²) in [5.41, 5.74) is 7.13. The third-order valence-corrected chi connectivity index (χ3v) is 6.22. The van der Waals surface area contributed by atoms with Gasteiger partial charge in [0.05, 0.1) is 28.8 Å². The molecule has 0 spiro atoms. The molecule has 0 amide bonds. The highest BCUT2D eigenvalue weighted by atomic mass is 35.5. The second-order valence-corrected chi connectivity index (χ2v) is 8.72. The molecule has 3 aromatic rings. The topological polar surface area (TPSA) is 90.0 Å². The van der Waals surface area contributed by atoms with E-state index in [1.54, 1.807) is 12.1 Å². The fourth-order valence-corrected chi connectivity index (χ4v) is 4.50. The van der Waals surface area contributed by atoms with E-state index in [-0.39, 0.29) is 36.4 Å². The molecule has 0 atom stereocenters. The molecule has 2 aromatic carbocycles. The van der Waals surface area contributed by atoms with Crippen LogP contribution in [0.2, 0.25) is 0 Å². The molecule has 0 bridgehead atoms. The maximum Gasteiger partial charge on any atom is 0.240 e. The van der Waals surface area contributed by atoms with Gasteiger partial charge in [0.2, 0.25) is 10.0 Å². The lowest BCUT2D eigenvalue weighted by Crippen LogP contribution is -2.25. The molecule has 1 fully saturated rings. The number of hydrogen-bond donors (Lipinski definition) is 2. The molecule has 0 saturated heterocycles. The van der Waals surface area contributed by atoms with Crippen LogP contribution in [-0.2, 0) is 16.6 Å². The van der Waals surface area contributed by atoms with Gasteiger partial charge in [0, 0.05) is 18.2 Å². The van der Waals surface area contributed by atoms with Gasteiger partial charge in [-0.1, -0.05) is 12.1 Å². The lowest BCUT2D eigenvalue weighted by Gasteiger charge is -2.09. The Morgan fingerprint density at radius 1 is 1.30 bits per heavy atom. The molecule has 0 radical (unpaired) electrons. The van der Waals surface area contributed by atoms with Gasteiger partial charge in [-0.2, -0.15) is 0 Å². The molecule has 3 N–H and O–H groups in total. The van der Waals surface area contributed by atoms with Crippen molar-refractivity contribution >= 4 is 33.5 Å². The predicted molar refractivity (Wildman–Crippen MR) is 114 cm³/mol. The fourth-order valence-electron chi connectivity index (χ4n) is 3.15. The van der Waals surface area contributed by atoms with Crippen molar-refractivity contribution in [3.8, 4) is 11.1 Å². The molecule has 1 aliphatic carbocycles. The maximum atomic E-state index is 14.3. The number of benzene rings is 2. The zero-order valence-electron chi connectivity index (χ0n) is 15.9. The van der Waals surface area contributed by atoms with Crippen LogP contribution >= 0.6 is 12.4 Å². The van der Waals surface area contributed by atoms with E-state index in [0.717, 1.165) is 12.8 Å². The summed E-state index contributed by atoms with van der Waals surface area (Å²) in [6.07, 6.45) is 4.33. The number of halogens is 3. The van der Waals surface area contributed by atoms with Crippen LogP contribution in [0, 0.1) is 5.82 Å². The number of nitrogens with zero attached hydrogens (tertiary/aromatic N) is 2. The molecule has 0 unspecified atom stereocenters. The number of aromatic nitrogens is 2. The summed E-state index contributed by atoms with van der Waals surface area (Å²) < 4.78 is 57.4. The van der Waals surface area contributed by atoms with Crippen LogP contribution in [0.1, 0.15) is 12.8 Å². The molecule has 10 heteroatoms. The zero-order valence-corrected chi connectivity index (χ0v) is 17.5. The van der Waals surface area contributed by atoms with Crippen LogP contribution in [0.25, 0.3) is 22.2 Å². The second kappa shape index (κ2) is 8.81. The number of fused-ring (bicyclic) bond motifs is 1. The highest BCUT2D eigenvalue weighted by Gasteiger charge is 2.28. The van der Waals surface area contributed by atoms with Gasteiger partial charge in [-0.3, -0.25) is 0 Å². The van der Waals surface area contributed by atoms with Gasteiger partial charge in [0.15, 0.2) is 0 Å². The smallest absolute Gasteiger partial charge is 0.240 e. The first kappa shape index (κ1) is 22.4. The van der Waals surface area contributed by atoms with Crippen molar-refractivity contribution < 1.29 is 17.2 Å². The summed E-state index contributed by atoms with van der Waals surface area (Å²) >= 11 is 0. The Labute approximate surface area is 179 Å². The van der Waals surface area contributed by atoms with E-state index in [2.05, 4.69) is 9.71 Å². The molecular formula is C20H21ClF2N4O2S. The molecule has 160 valence electrons. The molecule has 6 nitrogen and oxygen atoms in total. The third-order valence-electron chi connectivity index (χ3n) is 4.71. The predicted octanol–water partition coefficient (Wildman–Crippen LogP) is 3.52. The summed E-state index contributed by atoms with van der Waals surface area (Å²) in [5.74, 6) is -0.973. The lowest BCUT2D eigenvalue weighted by atomic mass is 10.0. The Morgan fingerprint density at radius 2 is 2.07 bits per heavy atom. The van der Waals surface area contributed by atoms with E-state index in [9.17, 15) is 17.2 Å². The Bertz CT molecular complexity index is 1210. The van der Waals surface area contributed by atoms with Crippen molar-refractivity contribution in [2.24, 2.45) is 5.73 Å². The fraction of sp³-hybridized carbons (Fsp3) is 0.250. The van der Waals surface area contributed by atoms with Gasteiger partial charge in [0.25, 0.3) is 0 Å². The van der Waals surface area contributed by atoms with Crippen molar-refractivity contribution in [2.45, 2.75) is 30.3 Å². The number of hydrogen-bond acceptors (Lipinski definition) is 4. The minimum absolute atomic E-state index is 0. The quantitative estimate of drug-likeness (QED) is 0.571. The van der Waals surface area contributed by atoms with E-state index in [1.165, 1.54) is 41.2 Å². The number of sulfonamides is 1. The summed E-state index contributed by atoms with van der Waals surface area (Å²) in [4.78, 5) is 4.41. The van der Waals surface area contributed by atoms with Gasteiger partial charge >= 0.3 is 0 Å². The van der Waals surface area contributed by atoms with Gasteiger partial charge in [-0.25, -0.2) is 26.9 Å². The number of rotatable bonds is 7. The van der Waals surface area contributed by atoms with E-state index in [1.807, 2.05) is 0 Å². The number of imidazole rings is 1. The van der Waals surface area contributed by atoms with Crippen molar-refractivity contribution in [1.82, 2.24) is 14.3 Å². The van der Waals surface area contributed by atoms with Crippen LogP contribution < -0.4 is 10.5 Å². The Morgan fingerprint density at radius 3 is 2.77 bits per heavy atom. The number of nitrogens with two attached hydrogens (primary N) is 1. The summed E-state index contributed by atoms with van der Waals surface area (Å²) in [5, 5.41) is 0. The average molecular weight is 455 g/mol. The minimum atomic E-state index is -3.65. The van der Waals surface area contributed by atoms with Crippen LogP contribution in [-0.4, -0.2) is 30.6 Å². The molecule has 30 heavy (non-hydrogen) atoms. The molecule has 1 saturated carbocycles. The van der Waals surface area contributed by atoms with Crippen molar-refractivity contribution in [1.29, 1.82) is 0 Å². The third kappa shape index (κ3) is 4.70.